The van der Waals surface area contributed by atoms with Crippen molar-refractivity contribution in [2.45, 2.75) is 33.1 Å². The number of likely N-dealkylation sites (tertiary alicyclic amines) is 1. The van der Waals surface area contributed by atoms with E-state index in [1.54, 1.807) is 29.2 Å². The summed E-state index contributed by atoms with van der Waals surface area (Å²) >= 11 is 0. The van der Waals surface area contributed by atoms with Gasteiger partial charge in [-0.3, -0.25) is 14.4 Å². The highest BCUT2D eigenvalue weighted by atomic mass is 16.2. The van der Waals surface area contributed by atoms with E-state index < -0.39 is 5.91 Å². The quantitative estimate of drug-likeness (QED) is 0.818. The third-order valence-electron chi connectivity index (χ3n) is 5.15. The highest BCUT2D eigenvalue weighted by Crippen LogP contribution is 2.22. The number of nitrogens with two attached hydrogens (primary N) is 1. The Hall–Kier alpha value is -3.15. The molecular weight excluding hydrogens is 366 g/mol. The summed E-state index contributed by atoms with van der Waals surface area (Å²) < 4.78 is 0. The van der Waals surface area contributed by atoms with Gasteiger partial charge in [0.15, 0.2) is 0 Å². The van der Waals surface area contributed by atoms with Crippen molar-refractivity contribution in [2.75, 3.05) is 18.4 Å². The molecule has 0 spiro atoms. The maximum Gasteiger partial charge on any atom is 0.253 e. The minimum Gasteiger partial charge on any atom is -0.369 e. The van der Waals surface area contributed by atoms with Gasteiger partial charge in [-0.25, -0.2) is 0 Å². The Balaban J connectivity index is 1.63. The van der Waals surface area contributed by atoms with Crippen molar-refractivity contribution in [3.05, 3.63) is 64.7 Å². The van der Waals surface area contributed by atoms with Crippen LogP contribution in [0.5, 0.6) is 0 Å². The molecule has 6 heteroatoms. The number of hydrogen-bond acceptors (Lipinski definition) is 3. The summed E-state index contributed by atoms with van der Waals surface area (Å²) in [5, 5.41) is 2.92. The van der Waals surface area contributed by atoms with Crippen molar-refractivity contribution < 1.29 is 14.4 Å². The fraction of sp³-hybridized carbons (Fsp3) is 0.348. The summed E-state index contributed by atoms with van der Waals surface area (Å²) in [5.74, 6) is -0.753. The van der Waals surface area contributed by atoms with E-state index in [0.717, 1.165) is 29.5 Å². The number of rotatable bonds is 5. The lowest BCUT2D eigenvalue weighted by molar-refractivity contribution is -0.121. The third kappa shape index (κ3) is 5.44. The fourth-order valence-corrected chi connectivity index (χ4v) is 3.81. The zero-order chi connectivity index (χ0) is 21.0. The monoisotopic (exact) mass is 393 g/mol. The number of carbonyl (C=O) groups is 3. The Morgan fingerprint density at radius 1 is 1.07 bits per heavy atom. The fourth-order valence-electron chi connectivity index (χ4n) is 3.81. The molecule has 3 N–H and O–H groups in total. The molecule has 152 valence electrons. The van der Waals surface area contributed by atoms with Crippen LogP contribution in [0.1, 0.15) is 39.9 Å². The number of aryl methyl sites for hydroxylation is 2. The summed E-state index contributed by atoms with van der Waals surface area (Å²) in [7, 11) is 0. The van der Waals surface area contributed by atoms with E-state index in [0.29, 0.717) is 24.3 Å². The molecule has 0 saturated carbocycles. The second-order valence-electron chi connectivity index (χ2n) is 7.80. The lowest BCUT2D eigenvalue weighted by Gasteiger charge is -2.32. The Kier molecular flexibility index (Phi) is 6.32. The van der Waals surface area contributed by atoms with Crippen LogP contribution in [0.2, 0.25) is 0 Å². The number of benzene rings is 2. The van der Waals surface area contributed by atoms with Gasteiger partial charge in [-0.1, -0.05) is 29.3 Å². The molecule has 1 fully saturated rings. The largest absolute Gasteiger partial charge is 0.369 e. The van der Waals surface area contributed by atoms with Crippen molar-refractivity contribution >= 4 is 23.4 Å². The van der Waals surface area contributed by atoms with Crippen LogP contribution < -0.4 is 11.1 Å². The highest BCUT2D eigenvalue weighted by Gasteiger charge is 2.29. The molecule has 1 aliphatic rings. The number of nitrogens with zero attached hydrogens (tertiary/aromatic N) is 1. The van der Waals surface area contributed by atoms with Gasteiger partial charge >= 0.3 is 0 Å². The first-order valence-electron chi connectivity index (χ1n) is 9.87. The van der Waals surface area contributed by atoms with Crippen molar-refractivity contribution in [3.8, 4) is 0 Å². The predicted molar refractivity (Wildman–Crippen MR) is 113 cm³/mol. The molecule has 0 aromatic heterocycles. The number of primary amides is 1. The molecule has 0 aliphatic carbocycles. The lowest BCUT2D eigenvalue weighted by Crippen LogP contribution is -2.43. The normalized spacial score (nSPS) is 16.3. The average molecular weight is 393 g/mol. The van der Waals surface area contributed by atoms with Gasteiger partial charge in [0.05, 0.1) is 12.3 Å². The maximum absolute atomic E-state index is 12.9. The third-order valence-corrected chi connectivity index (χ3v) is 5.15. The van der Waals surface area contributed by atoms with Gasteiger partial charge in [-0.2, -0.15) is 0 Å². The molecule has 3 amide bonds. The summed E-state index contributed by atoms with van der Waals surface area (Å²) in [5.41, 5.74) is 9.45. The lowest BCUT2D eigenvalue weighted by atomic mass is 9.96. The van der Waals surface area contributed by atoms with Gasteiger partial charge in [-0.05, 0) is 56.5 Å². The SMILES string of the molecule is Cc1cc(C)cc(C(=O)N2CCCC(C(=O)Nc3ccc(CC(N)=O)cc3)C2)c1. The molecule has 1 saturated heterocycles. The van der Waals surface area contributed by atoms with Gasteiger partial charge in [0.1, 0.15) is 0 Å². The minimum absolute atomic E-state index is 0.0231. The van der Waals surface area contributed by atoms with Gasteiger partial charge in [0.25, 0.3) is 5.91 Å². The van der Waals surface area contributed by atoms with E-state index >= 15 is 0 Å². The van der Waals surface area contributed by atoms with Crippen molar-refractivity contribution in [2.24, 2.45) is 11.7 Å². The van der Waals surface area contributed by atoms with Crippen molar-refractivity contribution in [1.82, 2.24) is 4.90 Å². The molecule has 3 rings (SSSR count). The van der Waals surface area contributed by atoms with Crippen LogP contribution in [-0.2, 0) is 16.0 Å². The van der Waals surface area contributed by atoms with Gasteiger partial charge in [-0.15, -0.1) is 0 Å². The van der Waals surface area contributed by atoms with Crippen LogP contribution in [-0.4, -0.2) is 35.7 Å². The van der Waals surface area contributed by atoms with Crippen LogP contribution in [0.3, 0.4) is 0 Å². The van der Waals surface area contributed by atoms with Crippen LogP contribution in [0, 0.1) is 19.8 Å². The number of carbonyl (C=O) groups excluding carboxylic acids is 3. The number of hydrogen-bond donors (Lipinski definition) is 2. The number of anilines is 1. The average Bonchev–Trinajstić information content (AvgIpc) is 2.68. The van der Waals surface area contributed by atoms with Crippen LogP contribution >= 0.6 is 0 Å². The Bertz CT molecular complexity index is 901. The van der Waals surface area contributed by atoms with Crippen molar-refractivity contribution in [3.63, 3.8) is 0 Å². The molecule has 0 radical (unpaired) electrons. The number of nitrogens with one attached hydrogen (secondary N) is 1. The first-order valence-corrected chi connectivity index (χ1v) is 9.87. The van der Waals surface area contributed by atoms with Gasteiger partial charge in [0, 0.05) is 24.3 Å². The zero-order valence-electron chi connectivity index (χ0n) is 16.9. The van der Waals surface area contributed by atoms with Crippen LogP contribution in [0.25, 0.3) is 0 Å². The van der Waals surface area contributed by atoms with E-state index in [2.05, 4.69) is 5.32 Å². The molecule has 1 unspecified atom stereocenters. The summed E-state index contributed by atoms with van der Waals surface area (Å²) in [6.07, 6.45) is 1.72. The van der Waals surface area contributed by atoms with Crippen LogP contribution in [0.15, 0.2) is 42.5 Å². The van der Waals surface area contributed by atoms with Crippen molar-refractivity contribution in [1.29, 1.82) is 0 Å². The van der Waals surface area contributed by atoms with Gasteiger partial charge < -0.3 is 16.0 Å². The predicted octanol–water partition coefficient (Wildman–Crippen LogP) is 2.82. The standard InChI is InChI=1S/C23H27N3O3/c1-15-10-16(2)12-19(11-15)23(29)26-9-3-4-18(14-26)22(28)25-20-7-5-17(6-8-20)13-21(24)27/h5-8,10-12,18H,3-4,9,13-14H2,1-2H3,(H2,24,27)(H,25,28). The number of piperidine rings is 1. The molecule has 1 heterocycles. The summed E-state index contributed by atoms with van der Waals surface area (Å²) in [6, 6.07) is 12.9. The molecule has 1 aliphatic heterocycles. The minimum atomic E-state index is -0.391. The topological polar surface area (TPSA) is 92.5 Å². The van der Waals surface area contributed by atoms with E-state index in [9.17, 15) is 14.4 Å². The summed E-state index contributed by atoms with van der Waals surface area (Å²) in [6.45, 7) is 5.03. The van der Waals surface area contributed by atoms with E-state index in [1.165, 1.54) is 0 Å². The summed E-state index contributed by atoms with van der Waals surface area (Å²) in [4.78, 5) is 38.4. The number of amides is 3. The van der Waals surface area contributed by atoms with Crippen LogP contribution in [0.4, 0.5) is 5.69 Å². The molecule has 2 aromatic rings. The molecule has 0 bridgehead atoms. The molecule has 2 aromatic carbocycles. The first kappa shape index (κ1) is 20.6. The maximum atomic E-state index is 12.9. The smallest absolute Gasteiger partial charge is 0.253 e. The van der Waals surface area contributed by atoms with E-state index in [-0.39, 0.29) is 24.2 Å². The Morgan fingerprint density at radius 2 is 1.72 bits per heavy atom. The Labute approximate surface area is 171 Å². The Morgan fingerprint density at radius 3 is 2.34 bits per heavy atom. The zero-order valence-corrected chi connectivity index (χ0v) is 16.9. The van der Waals surface area contributed by atoms with E-state index in [4.69, 9.17) is 5.73 Å². The van der Waals surface area contributed by atoms with Gasteiger partial charge in [0.2, 0.25) is 11.8 Å². The molecular formula is C23H27N3O3. The highest BCUT2D eigenvalue weighted by molar-refractivity contribution is 5.96. The van der Waals surface area contributed by atoms with E-state index in [1.807, 2.05) is 32.0 Å². The second-order valence-corrected chi connectivity index (χ2v) is 7.80. The first-order chi connectivity index (χ1) is 13.8. The molecule has 1 atom stereocenters. The molecule has 29 heavy (non-hydrogen) atoms. The second kappa shape index (κ2) is 8.90. The molecule has 6 nitrogen and oxygen atoms in total.